The quantitative estimate of drug-likeness (QED) is 0.513. The molecular weight excluding hydrogens is 468 g/mol. The molecule has 5 fully saturated rings. The number of amides is 2. The standard InChI is InChI=1S/C22H28N2O9S/c1-10-18(4,5)14(28)19(32-10)7-13-20(33-12(3)27,15(19)31-11(2)26)8-21-16(29)23(6)22(9-25,34-21)17(30)24(13)21/h10,13,15,25H,7-9H2,1-6H3/t10-,13-,15-,19+,20+,21-,22-/m1/s1. The Bertz CT molecular complexity index is 1060. The van der Waals surface area contributed by atoms with Gasteiger partial charge in [-0.15, -0.1) is 0 Å². The van der Waals surface area contributed by atoms with Crippen LogP contribution in [-0.2, 0) is 38.2 Å². The molecule has 1 saturated carbocycles. The minimum absolute atomic E-state index is 0.114. The van der Waals surface area contributed by atoms with Crippen LogP contribution in [0, 0.1) is 5.41 Å². The Morgan fingerprint density at radius 2 is 1.82 bits per heavy atom. The highest BCUT2D eigenvalue weighted by Gasteiger charge is 2.88. The largest absolute Gasteiger partial charge is 0.455 e. The Kier molecular flexibility index (Phi) is 4.52. The normalized spacial score (nSPS) is 45.9. The molecule has 0 unspecified atom stereocenters. The number of nitrogens with zero attached hydrogens (tertiary/aromatic N) is 2. The van der Waals surface area contributed by atoms with E-state index in [2.05, 4.69) is 0 Å². The molecule has 186 valence electrons. The number of carbonyl (C=O) groups excluding carboxylic acids is 5. The zero-order chi connectivity index (χ0) is 25.2. The van der Waals surface area contributed by atoms with E-state index in [4.69, 9.17) is 14.2 Å². The molecular formula is C22H28N2O9S. The van der Waals surface area contributed by atoms with E-state index in [1.165, 1.54) is 30.7 Å². The molecule has 5 rings (SSSR count). The number of fused-ring (bicyclic) bond motifs is 3. The summed E-state index contributed by atoms with van der Waals surface area (Å²) in [6.45, 7) is 6.96. The fourth-order valence-electron chi connectivity index (χ4n) is 6.69. The van der Waals surface area contributed by atoms with Gasteiger partial charge in [0.25, 0.3) is 11.8 Å². The lowest BCUT2D eigenvalue weighted by Crippen LogP contribution is -2.64. The van der Waals surface area contributed by atoms with Gasteiger partial charge in [0.1, 0.15) is 0 Å². The second-order valence-electron chi connectivity index (χ2n) is 10.5. The number of Topliss-reactive ketones (excluding diaryl/α,β-unsaturated/α-hetero) is 1. The molecule has 0 radical (unpaired) electrons. The first-order valence-electron chi connectivity index (χ1n) is 11.2. The Morgan fingerprint density at radius 1 is 1.18 bits per heavy atom. The first-order valence-corrected chi connectivity index (χ1v) is 12.0. The van der Waals surface area contributed by atoms with Gasteiger partial charge in [-0.1, -0.05) is 25.6 Å². The van der Waals surface area contributed by atoms with Crippen LogP contribution in [0.5, 0.6) is 0 Å². The Morgan fingerprint density at radius 3 is 2.32 bits per heavy atom. The number of aliphatic hydroxyl groups is 1. The zero-order valence-electron chi connectivity index (χ0n) is 19.9. The average Bonchev–Trinajstić information content (AvgIpc) is 3.36. The lowest BCUT2D eigenvalue weighted by Gasteiger charge is -2.39. The van der Waals surface area contributed by atoms with Gasteiger partial charge in [0.15, 0.2) is 32.8 Å². The number of hydrogen-bond donors (Lipinski definition) is 1. The summed E-state index contributed by atoms with van der Waals surface area (Å²) in [6.07, 6.45) is -2.22. The van der Waals surface area contributed by atoms with Gasteiger partial charge in [-0.05, 0) is 6.92 Å². The third-order valence-electron chi connectivity index (χ3n) is 8.42. The van der Waals surface area contributed by atoms with E-state index < -0.39 is 75.0 Å². The van der Waals surface area contributed by atoms with Crippen molar-refractivity contribution in [2.24, 2.45) is 5.41 Å². The molecule has 12 heteroatoms. The number of aliphatic hydroxyl groups excluding tert-OH is 1. The molecule has 7 atom stereocenters. The maximum Gasteiger partial charge on any atom is 0.303 e. The van der Waals surface area contributed by atoms with Crippen molar-refractivity contribution in [1.29, 1.82) is 0 Å². The predicted molar refractivity (Wildman–Crippen MR) is 115 cm³/mol. The van der Waals surface area contributed by atoms with Crippen LogP contribution in [0.15, 0.2) is 0 Å². The molecule has 4 heterocycles. The number of thioether (sulfide) groups is 1. The molecule has 1 N–H and O–H groups in total. The maximum absolute atomic E-state index is 13.8. The number of likely N-dealkylation sites (N-methyl/N-ethyl adjacent to an activating group) is 1. The van der Waals surface area contributed by atoms with Crippen LogP contribution < -0.4 is 0 Å². The van der Waals surface area contributed by atoms with E-state index in [1.807, 2.05) is 0 Å². The fraction of sp³-hybridized carbons (Fsp3) is 0.773. The molecule has 0 aromatic heterocycles. The van der Waals surface area contributed by atoms with Crippen LogP contribution in [-0.4, -0.2) is 97.3 Å². The van der Waals surface area contributed by atoms with Crippen LogP contribution in [0.1, 0.15) is 47.5 Å². The summed E-state index contributed by atoms with van der Waals surface area (Å²) < 4.78 is 17.8. The molecule has 4 aliphatic heterocycles. The van der Waals surface area contributed by atoms with Crippen molar-refractivity contribution in [3.05, 3.63) is 0 Å². The van der Waals surface area contributed by atoms with Crippen molar-refractivity contribution in [2.75, 3.05) is 13.7 Å². The van der Waals surface area contributed by atoms with Crippen molar-refractivity contribution in [3.63, 3.8) is 0 Å². The number of ketones is 1. The first-order chi connectivity index (χ1) is 15.7. The average molecular weight is 497 g/mol. The van der Waals surface area contributed by atoms with Crippen molar-refractivity contribution >= 4 is 41.3 Å². The molecule has 2 amide bonds. The van der Waals surface area contributed by atoms with Gasteiger partial charge in [-0.25, -0.2) is 0 Å². The Balaban J connectivity index is 1.72. The van der Waals surface area contributed by atoms with E-state index in [-0.39, 0.29) is 18.6 Å². The predicted octanol–water partition coefficient (Wildman–Crippen LogP) is -0.419. The molecule has 1 aliphatic carbocycles. The number of piperazine rings is 1. The van der Waals surface area contributed by atoms with E-state index >= 15 is 0 Å². The van der Waals surface area contributed by atoms with Crippen molar-refractivity contribution in [1.82, 2.24) is 9.80 Å². The van der Waals surface area contributed by atoms with Crippen LogP contribution in [0.3, 0.4) is 0 Å². The molecule has 4 saturated heterocycles. The van der Waals surface area contributed by atoms with E-state index in [0.29, 0.717) is 0 Å². The number of ether oxygens (including phenoxy) is 3. The number of rotatable bonds is 3. The van der Waals surface area contributed by atoms with E-state index in [9.17, 15) is 29.1 Å². The number of hydrogen-bond acceptors (Lipinski definition) is 10. The highest BCUT2D eigenvalue weighted by Crippen LogP contribution is 2.70. The van der Waals surface area contributed by atoms with Crippen LogP contribution >= 0.6 is 11.8 Å². The van der Waals surface area contributed by atoms with E-state index in [0.717, 1.165) is 11.8 Å². The van der Waals surface area contributed by atoms with Crippen LogP contribution in [0.25, 0.3) is 0 Å². The summed E-state index contributed by atoms with van der Waals surface area (Å²) in [4.78, 5) is 65.2. The van der Waals surface area contributed by atoms with Crippen molar-refractivity contribution in [3.8, 4) is 0 Å². The highest BCUT2D eigenvalue weighted by atomic mass is 32.2. The lowest BCUT2D eigenvalue weighted by molar-refractivity contribution is -0.202. The van der Waals surface area contributed by atoms with Gasteiger partial charge in [0.05, 0.1) is 24.2 Å². The van der Waals surface area contributed by atoms with Gasteiger partial charge in [0.2, 0.25) is 0 Å². The second kappa shape index (κ2) is 6.52. The van der Waals surface area contributed by atoms with Gasteiger partial charge in [-0.3, -0.25) is 24.0 Å². The fourth-order valence-corrected chi connectivity index (χ4v) is 8.55. The minimum Gasteiger partial charge on any atom is -0.455 e. The summed E-state index contributed by atoms with van der Waals surface area (Å²) >= 11 is 1.00. The topological polar surface area (TPSA) is 140 Å². The third kappa shape index (κ3) is 2.30. The van der Waals surface area contributed by atoms with Gasteiger partial charge in [0, 0.05) is 33.7 Å². The number of esters is 2. The number of carbonyl (C=O) groups is 5. The van der Waals surface area contributed by atoms with Gasteiger partial charge < -0.3 is 29.1 Å². The summed E-state index contributed by atoms with van der Waals surface area (Å²) in [5.74, 6) is -2.68. The Hall–Kier alpha value is -2.18. The molecule has 2 spiro atoms. The minimum atomic E-state index is -1.68. The SMILES string of the molecule is CC(=O)O[C@H]1[C@]2(OC(C)=O)C[C@]34S[C@](CO)(C(=O)N3[C@@H]2C[C@@]12O[C@H](C)C(C)(C)C2=O)N(C)C4=O. The Labute approximate surface area is 200 Å². The summed E-state index contributed by atoms with van der Waals surface area (Å²) in [7, 11) is 1.45. The van der Waals surface area contributed by atoms with Crippen LogP contribution in [0.2, 0.25) is 0 Å². The molecule has 0 aromatic carbocycles. The smallest absolute Gasteiger partial charge is 0.303 e. The van der Waals surface area contributed by atoms with Crippen molar-refractivity contribution < 1.29 is 43.3 Å². The third-order valence-corrected chi connectivity index (χ3v) is 10.2. The molecule has 11 nitrogen and oxygen atoms in total. The molecule has 5 aliphatic rings. The monoisotopic (exact) mass is 496 g/mol. The van der Waals surface area contributed by atoms with Crippen molar-refractivity contribution in [2.45, 2.75) is 86.7 Å². The summed E-state index contributed by atoms with van der Waals surface area (Å²) in [6, 6.07) is -0.975. The maximum atomic E-state index is 13.8. The molecule has 2 bridgehead atoms. The second-order valence-corrected chi connectivity index (χ2v) is 12.1. The van der Waals surface area contributed by atoms with Gasteiger partial charge in [-0.2, -0.15) is 0 Å². The first kappa shape index (κ1) is 23.6. The van der Waals surface area contributed by atoms with E-state index in [1.54, 1.807) is 20.8 Å². The lowest BCUT2D eigenvalue weighted by atomic mass is 9.76. The summed E-state index contributed by atoms with van der Waals surface area (Å²) in [5.41, 5.74) is -4.28. The molecule has 0 aromatic rings. The van der Waals surface area contributed by atoms with Gasteiger partial charge >= 0.3 is 11.9 Å². The zero-order valence-corrected chi connectivity index (χ0v) is 20.7. The highest BCUT2D eigenvalue weighted by molar-refractivity contribution is 8.04. The molecule has 34 heavy (non-hydrogen) atoms. The summed E-state index contributed by atoms with van der Waals surface area (Å²) in [5, 5.41) is 10.1. The van der Waals surface area contributed by atoms with Crippen LogP contribution in [0.4, 0.5) is 0 Å².